The minimum Gasteiger partial charge on any atom is -0.456 e. The molecule has 0 saturated carbocycles. The van der Waals surface area contributed by atoms with E-state index >= 15 is 0 Å². The number of rotatable bonds is 13. The van der Waals surface area contributed by atoms with Crippen LogP contribution >= 0.6 is 34.0 Å². The molecule has 0 aliphatic heterocycles. The van der Waals surface area contributed by atoms with E-state index in [2.05, 4.69) is 231 Å². The van der Waals surface area contributed by atoms with E-state index in [1.54, 1.807) is 11.3 Å². The van der Waals surface area contributed by atoms with Gasteiger partial charge in [-0.25, -0.2) is 44.9 Å². The number of thiophene rings is 3. The zero-order valence-electron chi connectivity index (χ0n) is 73.6. The molecule has 19 aromatic carbocycles. The molecule has 0 unspecified atom stereocenters. The lowest BCUT2D eigenvalue weighted by Crippen LogP contribution is -2.00. The van der Waals surface area contributed by atoms with E-state index in [0.717, 1.165) is 143 Å². The summed E-state index contributed by atoms with van der Waals surface area (Å²) in [7, 11) is 0. The third-order valence-corrected chi connectivity index (χ3v) is 29.4. The maximum absolute atomic E-state index is 6.89. The van der Waals surface area contributed by atoms with Crippen molar-refractivity contribution >= 4 is 160 Å². The van der Waals surface area contributed by atoms with Crippen molar-refractivity contribution in [3.8, 4) is 147 Å². The van der Waals surface area contributed by atoms with E-state index in [-0.39, 0.29) is 0 Å². The van der Waals surface area contributed by atoms with Crippen molar-refractivity contribution in [1.82, 2.24) is 44.9 Å². The lowest BCUT2D eigenvalue weighted by atomic mass is 9.99. The van der Waals surface area contributed by atoms with Crippen LogP contribution in [0.1, 0.15) is 0 Å². The van der Waals surface area contributed by atoms with Gasteiger partial charge in [0.15, 0.2) is 52.4 Å². The Bertz CT molecular complexity index is 9080. The summed E-state index contributed by atoms with van der Waals surface area (Å²) in [6, 6.07) is 153. The molecule has 9 heterocycles. The highest BCUT2D eigenvalue weighted by molar-refractivity contribution is 7.27. The lowest BCUT2D eigenvalue weighted by molar-refractivity contribution is 0.666. The van der Waals surface area contributed by atoms with E-state index in [1.807, 2.05) is 235 Å². The van der Waals surface area contributed by atoms with Crippen LogP contribution in [0.2, 0.25) is 0 Å². The molecule has 28 rings (SSSR count). The second-order valence-electron chi connectivity index (χ2n) is 34.0. The van der Waals surface area contributed by atoms with Crippen LogP contribution < -0.4 is 0 Å². The van der Waals surface area contributed by atoms with Crippen molar-refractivity contribution in [2.24, 2.45) is 0 Å². The fraction of sp³-hybridized carbons (Fsp3) is 0. The summed E-state index contributed by atoms with van der Waals surface area (Å²) in [5.41, 5.74) is 22.5. The molecule has 28 aromatic rings. The summed E-state index contributed by atoms with van der Waals surface area (Å²) in [5, 5.41) is 13.9. The van der Waals surface area contributed by atoms with Gasteiger partial charge in [-0.1, -0.05) is 388 Å². The predicted molar refractivity (Wildman–Crippen MR) is 571 cm³/mol. The standard InChI is InChI=1S/C45H27N3O2.C39H23N3OS.C39H23N3S2/c1-4-14-28(15-5-1)31-20-10-21-32-33-22-11-23-34(40(33)49-39(31)32)35-24-12-25-36-37-26-13-27-38(42(37)50-41(35)36)45-47-43(29-16-6-2-7-17-29)46-44(48-45)30-18-8-3-9-19-30;2*1-3-11-24(12-4-1)37-40-38(25-13-5-2-6-14-25)42-39(41-37)31-19-10-18-30-29-17-9-16-27(35(29)44-36(30)31)26-21-22-34-32(23-26)28-15-7-8-20-33(28)43-34/h1-27H;2*1-23H. The number of furan rings is 3. The van der Waals surface area contributed by atoms with E-state index in [1.165, 1.54) is 78.1 Å². The van der Waals surface area contributed by atoms with Gasteiger partial charge in [-0.05, 0) is 82.4 Å². The summed E-state index contributed by atoms with van der Waals surface area (Å²) >= 11 is 5.47. The summed E-state index contributed by atoms with van der Waals surface area (Å²) in [5.74, 6) is 5.78. The van der Waals surface area contributed by atoms with Crippen molar-refractivity contribution in [3.05, 3.63) is 443 Å². The number of nitrogens with zero attached hydrogens (tertiary/aromatic N) is 9. The molecule has 0 bridgehead atoms. The maximum atomic E-state index is 6.89. The highest BCUT2D eigenvalue weighted by atomic mass is 32.1. The van der Waals surface area contributed by atoms with Crippen LogP contribution in [0.25, 0.3) is 273 Å². The Morgan fingerprint density at radius 3 is 0.819 bits per heavy atom. The monoisotopic (exact) mass is 1820 g/mol. The fourth-order valence-corrected chi connectivity index (χ4v) is 22.9. The van der Waals surface area contributed by atoms with Crippen LogP contribution in [0.15, 0.2) is 456 Å². The number of benzene rings is 19. The second kappa shape index (κ2) is 34.4. The largest absolute Gasteiger partial charge is 0.456 e. The molecular weight excluding hydrogens is 1750 g/mol. The summed E-state index contributed by atoms with van der Waals surface area (Å²) in [6.07, 6.45) is 0. The lowest BCUT2D eigenvalue weighted by Gasteiger charge is -2.09. The molecule has 0 saturated heterocycles. The van der Waals surface area contributed by atoms with E-state index < -0.39 is 0 Å². The average molecular weight is 1820 g/mol. The van der Waals surface area contributed by atoms with Gasteiger partial charge < -0.3 is 13.3 Å². The van der Waals surface area contributed by atoms with Crippen molar-refractivity contribution in [2.45, 2.75) is 0 Å². The third-order valence-electron chi connectivity index (χ3n) is 25.7. The van der Waals surface area contributed by atoms with Gasteiger partial charge in [0.25, 0.3) is 0 Å². The predicted octanol–water partition coefficient (Wildman–Crippen LogP) is 34.1. The average Bonchev–Trinajstić information content (AvgIpc) is 1.56. The first-order chi connectivity index (χ1) is 68.4. The topological polar surface area (TPSA) is 155 Å². The quantitative estimate of drug-likeness (QED) is 0.108. The first-order valence-electron chi connectivity index (χ1n) is 45.7. The summed E-state index contributed by atoms with van der Waals surface area (Å²) in [4.78, 5) is 44.8. The molecule has 9 aromatic heterocycles. The molecule has 0 N–H and O–H groups in total. The van der Waals surface area contributed by atoms with Crippen molar-refractivity contribution in [2.75, 3.05) is 0 Å². The number of aromatic nitrogens is 9. The van der Waals surface area contributed by atoms with E-state index in [9.17, 15) is 0 Å². The molecule has 646 valence electrons. The normalized spacial score (nSPS) is 11.6. The Hall–Kier alpha value is -17.7. The van der Waals surface area contributed by atoms with Gasteiger partial charge in [-0.15, -0.1) is 34.0 Å². The summed E-state index contributed by atoms with van der Waals surface area (Å²) in [6.45, 7) is 0. The molecule has 0 spiro atoms. The van der Waals surface area contributed by atoms with Crippen LogP contribution in [0.3, 0.4) is 0 Å². The van der Waals surface area contributed by atoms with E-state index in [0.29, 0.717) is 52.4 Å². The molecule has 0 amide bonds. The van der Waals surface area contributed by atoms with Crippen LogP contribution in [0.4, 0.5) is 0 Å². The molecule has 0 aliphatic carbocycles. The Morgan fingerprint density at radius 2 is 0.406 bits per heavy atom. The fourth-order valence-electron chi connectivity index (χ4n) is 19.1. The number of hydrogen-bond acceptors (Lipinski definition) is 15. The Morgan fingerprint density at radius 1 is 0.138 bits per heavy atom. The van der Waals surface area contributed by atoms with Gasteiger partial charge in [-0.2, -0.15) is 0 Å². The van der Waals surface area contributed by atoms with Crippen LogP contribution in [-0.4, -0.2) is 44.9 Å². The van der Waals surface area contributed by atoms with Crippen molar-refractivity contribution < 1.29 is 13.3 Å². The van der Waals surface area contributed by atoms with Gasteiger partial charge in [0.2, 0.25) is 0 Å². The molecule has 15 heteroatoms. The first-order valence-corrected chi connectivity index (χ1v) is 48.1. The van der Waals surface area contributed by atoms with Gasteiger partial charge in [0.1, 0.15) is 33.5 Å². The second-order valence-corrected chi connectivity index (χ2v) is 37.1. The molecule has 0 aliphatic rings. The van der Waals surface area contributed by atoms with Gasteiger partial charge in [-0.3, -0.25) is 0 Å². The van der Waals surface area contributed by atoms with Crippen molar-refractivity contribution in [3.63, 3.8) is 0 Å². The van der Waals surface area contributed by atoms with E-state index in [4.69, 9.17) is 58.1 Å². The molecule has 0 radical (unpaired) electrons. The molecule has 0 fully saturated rings. The Kier molecular flexibility index (Phi) is 20.2. The number of fused-ring (bicyclic) bond motifs is 18. The Balaban J connectivity index is 0.000000107. The van der Waals surface area contributed by atoms with Gasteiger partial charge in [0, 0.05) is 154 Å². The highest BCUT2D eigenvalue weighted by Crippen LogP contribution is 2.50. The maximum Gasteiger partial charge on any atom is 0.167 e. The zero-order chi connectivity index (χ0) is 91.1. The zero-order valence-corrected chi connectivity index (χ0v) is 76.1. The van der Waals surface area contributed by atoms with Crippen molar-refractivity contribution in [1.29, 1.82) is 0 Å². The first kappa shape index (κ1) is 81.1. The summed E-state index contributed by atoms with van der Waals surface area (Å²) < 4.78 is 27.3. The van der Waals surface area contributed by atoms with Gasteiger partial charge in [0.05, 0.1) is 5.56 Å². The minimum absolute atomic E-state index is 0.553. The molecule has 0 atom stereocenters. The number of hydrogen-bond donors (Lipinski definition) is 0. The number of para-hydroxylation sites is 5. The van der Waals surface area contributed by atoms with Crippen LogP contribution in [0, 0.1) is 0 Å². The highest BCUT2D eigenvalue weighted by Gasteiger charge is 2.26. The molecule has 138 heavy (non-hydrogen) atoms. The third kappa shape index (κ3) is 14.6. The van der Waals surface area contributed by atoms with Crippen LogP contribution in [-0.2, 0) is 0 Å². The Labute approximate surface area is 802 Å². The SMILES string of the molecule is c1ccc(-c2nc(-c3ccccc3)nc(-c3cccc4c3oc3c(-c5cccc6c5oc5c(-c7ccccc7)cccc56)cccc34)n2)cc1.c1ccc(-c2nc(-c3ccccc3)nc(-c3cccc4c3sc3c(-c5ccc6oc7ccccc7c6c5)cccc34)n2)cc1.c1ccc(-c2nc(-c3ccccc3)nc(-c3cccc4c3sc3c(-c5ccc6sc7ccccc7c6c5)cccc34)n2)cc1. The van der Waals surface area contributed by atoms with Gasteiger partial charge >= 0.3 is 0 Å². The van der Waals surface area contributed by atoms with Crippen LogP contribution in [0.5, 0.6) is 0 Å². The molecular formula is C123H73N9O3S3. The minimum atomic E-state index is 0.553. The smallest absolute Gasteiger partial charge is 0.167 e. The molecule has 12 nitrogen and oxygen atoms in total.